The zero-order chi connectivity index (χ0) is 9.78. The van der Waals surface area contributed by atoms with E-state index in [2.05, 4.69) is 12.6 Å². The molecule has 0 aromatic carbocycles. The standard InChI is InChI=1S/C6H15O4PS/c1-5(7)6(2-3-12)4-11(8,9)10/h5-7,12H,2-4H2,1H3,(H2,8,9,10). The normalized spacial score (nSPS) is 17.4. The maximum atomic E-state index is 10.6. The molecular weight excluding hydrogens is 199 g/mol. The molecule has 0 radical (unpaired) electrons. The van der Waals surface area contributed by atoms with Crippen molar-refractivity contribution in [1.82, 2.24) is 0 Å². The Morgan fingerprint density at radius 2 is 2.00 bits per heavy atom. The van der Waals surface area contributed by atoms with Crippen molar-refractivity contribution in [2.75, 3.05) is 11.9 Å². The number of hydrogen-bond donors (Lipinski definition) is 4. The van der Waals surface area contributed by atoms with Gasteiger partial charge in [0.15, 0.2) is 0 Å². The Balaban J connectivity index is 4.05. The van der Waals surface area contributed by atoms with Gasteiger partial charge in [0.05, 0.1) is 12.3 Å². The fourth-order valence-corrected chi connectivity index (χ4v) is 2.39. The van der Waals surface area contributed by atoms with Gasteiger partial charge in [-0.05, 0) is 25.0 Å². The average molecular weight is 214 g/mol. The lowest BCUT2D eigenvalue weighted by atomic mass is 10.0. The Bertz CT molecular complexity index is 167. The molecule has 2 unspecified atom stereocenters. The lowest BCUT2D eigenvalue weighted by Gasteiger charge is -2.19. The molecule has 4 nitrogen and oxygen atoms in total. The van der Waals surface area contributed by atoms with Crippen molar-refractivity contribution in [2.24, 2.45) is 5.92 Å². The molecule has 0 bridgehead atoms. The lowest BCUT2D eigenvalue weighted by molar-refractivity contribution is 0.131. The van der Waals surface area contributed by atoms with Crippen molar-refractivity contribution in [2.45, 2.75) is 19.4 Å². The molecule has 0 aromatic rings. The van der Waals surface area contributed by atoms with E-state index in [1.54, 1.807) is 0 Å². The Labute approximate surface area is 77.6 Å². The first-order valence-corrected chi connectivity index (χ1v) is 6.13. The van der Waals surface area contributed by atoms with Gasteiger partial charge in [-0.2, -0.15) is 12.6 Å². The van der Waals surface area contributed by atoms with Gasteiger partial charge in [-0.1, -0.05) is 0 Å². The molecule has 0 heterocycles. The van der Waals surface area contributed by atoms with Gasteiger partial charge in [0, 0.05) is 0 Å². The summed E-state index contributed by atoms with van der Waals surface area (Å²) in [4.78, 5) is 17.3. The predicted octanol–water partition coefficient (Wildman–Crippen LogP) is 0.481. The van der Waals surface area contributed by atoms with E-state index < -0.39 is 13.7 Å². The first-order chi connectivity index (χ1) is 5.37. The van der Waals surface area contributed by atoms with Crippen molar-refractivity contribution < 1.29 is 19.5 Å². The molecule has 3 N–H and O–H groups in total. The highest BCUT2D eigenvalue weighted by Gasteiger charge is 2.24. The predicted molar refractivity (Wildman–Crippen MR) is 50.6 cm³/mol. The Morgan fingerprint density at radius 1 is 1.50 bits per heavy atom. The maximum Gasteiger partial charge on any atom is 0.325 e. The first kappa shape index (κ1) is 12.5. The molecule has 0 amide bonds. The molecule has 0 aliphatic carbocycles. The minimum Gasteiger partial charge on any atom is -0.393 e. The zero-order valence-corrected chi connectivity index (χ0v) is 8.71. The summed E-state index contributed by atoms with van der Waals surface area (Å²) < 4.78 is 10.6. The summed E-state index contributed by atoms with van der Waals surface area (Å²) in [5.74, 6) is 0.165. The summed E-state index contributed by atoms with van der Waals surface area (Å²) >= 11 is 3.94. The third-order valence-corrected chi connectivity index (χ3v) is 2.86. The largest absolute Gasteiger partial charge is 0.393 e. The van der Waals surface area contributed by atoms with Crippen LogP contribution in [0.4, 0.5) is 0 Å². The second-order valence-corrected chi connectivity index (χ2v) is 5.00. The summed E-state index contributed by atoms with van der Waals surface area (Å²) in [7, 11) is -4.00. The molecule has 0 fully saturated rings. The van der Waals surface area contributed by atoms with E-state index in [1.165, 1.54) is 6.92 Å². The van der Waals surface area contributed by atoms with Crippen LogP contribution in [-0.2, 0) is 4.57 Å². The van der Waals surface area contributed by atoms with Gasteiger partial charge in [0.25, 0.3) is 0 Å². The summed E-state index contributed by atoms with van der Waals surface area (Å²) in [6, 6.07) is 0. The third-order valence-electron chi connectivity index (χ3n) is 1.65. The zero-order valence-electron chi connectivity index (χ0n) is 6.92. The summed E-state index contributed by atoms with van der Waals surface area (Å²) in [6.07, 6.45) is -0.429. The van der Waals surface area contributed by atoms with E-state index in [0.29, 0.717) is 12.2 Å². The monoisotopic (exact) mass is 214 g/mol. The third kappa shape index (κ3) is 6.03. The fraction of sp³-hybridized carbons (Fsp3) is 1.00. The van der Waals surface area contributed by atoms with Crippen LogP contribution in [0.3, 0.4) is 0 Å². The van der Waals surface area contributed by atoms with Crippen LogP contribution in [0, 0.1) is 5.92 Å². The Hall–Kier alpha value is 0.460. The van der Waals surface area contributed by atoms with Gasteiger partial charge in [-0.3, -0.25) is 4.57 Å². The van der Waals surface area contributed by atoms with Crippen LogP contribution in [0.5, 0.6) is 0 Å². The average Bonchev–Trinajstić information content (AvgIpc) is 1.83. The molecular formula is C6H15O4PS. The van der Waals surface area contributed by atoms with Gasteiger partial charge >= 0.3 is 7.60 Å². The van der Waals surface area contributed by atoms with Gasteiger partial charge in [-0.25, -0.2) is 0 Å². The lowest BCUT2D eigenvalue weighted by Crippen LogP contribution is -2.21. The highest BCUT2D eigenvalue weighted by Crippen LogP contribution is 2.38. The molecule has 0 aliphatic heterocycles. The Kier molecular flexibility index (Phi) is 5.45. The van der Waals surface area contributed by atoms with E-state index in [9.17, 15) is 4.57 Å². The van der Waals surface area contributed by atoms with E-state index in [-0.39, 0.29) is 12.1 Å². The molecule has 0 aliphatic rings. The van der Waals surface area contributed by atoms with Crippen LogP contribution in [0.25, 0.3) is 0 Å². The number of aliphatic hydroxyl groups excluding tert-OH is 1. The molecule has 6 heteroatoms. The molecule has 2 atom stereocenters. The van der Waals surface area contributed by atoms with Gasteiger partial charge in [0.1, 0.15) is 0 Å². The van der Waals surface area contributed by atoms with Crippen LogP contribution in [0.2, 0.25) is 0 Å². The van der Waals surface area contributed by atoms with Crippen LogP contribution in [0.1, 0.15) is 13.3 Å². The van der Waals surface area contributed by atoms with E-state index in [0.717, 1.165) is 0 Å². The van der Waals surface area contributed by atoms with Crippen LogP contribution in [-0.4, -0.2) is 32.9 Å². The fourth-order valence-electron chi connectivity index (χ4n) is 0.956. The molecule has 74 valence electrons. The van der Waals surface area contributed by atoms with Crippen molar-refractivity contribution in [3.63, 3.8) is 0 Å². The van der Waals surface area contributed by atoms with Crippen molar-refractivity contribution in [1.29, 1.82) is 0 Å². The quantitative estimate of drug-likeness (QED) is 0.396. The molecule has 0 saturated carbocycles. The minimum absolute atomic E-state index is 0.259. The highest BCUT2D eigenvalue weighted by molar-refractivity contribution is 7.80. The summed E-state index contributed by atoms with van der Waals surface area (Å²) in [5, 5.41) is 9.13. The molecule has 12 heavy (non-hydrogen) atoms. The second-order valence-electron chi connectivity index (χ2n) is 2.86. The molecule has 0 rings (SSSR count). The topological polar surface area (TPSA) is 77.8 Å². The molecule has 0 aromatic heterocycles. The minimum atomic E-state index is -4.00. The number of thiol groups is 1. The van der Waals surface area contributed by atoms with Gasteiger partial charge in [0.2, 0.25) is 0 Å². The summed E-state index contributed by atoms with van der Waals surface area (Å²) in [5.41, 5.74) is 0. The second kappa shape index (κ2) is 5.25. The molecule has 0 spiro atoms. The summed E-state index contributed by atoms with van der Waals surface area (Å²) in [6.45, 7) is 1.53. The van der Waals surface area contributed by atoms with Crippen molar-refractivity contribution >= 4 is 20.2 Å². The number of hydrogen-bond acceptors (Lipinski definition) is 3. The van der Waals surface area contributed by atoms with Crippen LogP contribution >= 0.6 is 20.2 Å². The van der Waals surface area contributed by atoms with E-state index in [1.807, 2.05) is 0 Å². The maximum absolute atomic E-state index is 10.6. The highest BCUT2D eigenvalue weighted by atomic mass is 32.1. The van der Waals surface area contributed by atoms with Gasteiger partial charge < -0.3 is 14.9 Å². The van der Waals surface area contributed by atoms with Crippen molar-refractivity contribution in [3.05, 3.63) is 0 Å². The van der Waals surface area contributed by atoms with E-state index in [4.69, 9.17) is 14.9 Å². The van der Waals surface area contributed by atoms with Crippen molar-refractivity contribution in [3.8, 4) is 0 Å². The Morgan fingerprint density at radius 3 is 2.25 bits per heavy atom. The van der Waals surface area contributed by atoms with Crippen LogP contribution < -0.4 is 0 Å². The smallest absolute Gasteiger partial charge is 0.325 e. The number of rotatable bonds is 5. The first-order valence-electron chi connectivity index (χ1n) is 3.70. The molecule has 0 saturated heterocycles. The van der Waals surface area contributed by atoms with Gasteiger partial charge in [-0.15, -0.1) is 0 Å². The van der Waals surface area contributed by atoms with Crippen LogP contribution in [0.15, 0.2) is 0 Å². The van der Waals surface area contributed by atoms with E-state index >= 15 is 0 Å². The number of aliphatic hydroxyl groups is 1. The SMILES string of the molecule is CC(O)C(CCS)CP(=O)(O)O.